The molecule has 4 heterocycles. The number of likely N-dealkylation sites (tertiary alicyclic amines) is 1. The van der Waals surface area contributed by atoms with E-state index in [0.717, 1.165) is 38.9 Å². The molecule has 1 N–H and O–H groups in total. The van der Waals surface area contributed by atoms with E-state index in [1.165, 1.54) is 5.56 Å². The highest BCUT2D eigenvalue weighted by Gasteiger charge is 2.43. The van der Waals surface area contributed by atoms with Gasteiger partial charge in [-0.05, 0) is 25.3 Å². The minimum Gasteiger partial charge on any atom is -0.472 e. The van der Waals surface area contributed by atoms with E-state index in [4.69, 9.17) is 9.15 Å². The molecular formula is C18H24N4O3. The van der Waals surface area contributed by atoms with Gasteiger partial charge >= 0.3 is 0 Å². The first kappa shape index (κ1) is 16.4. The summed E-state index contributed by atoms with van der Waals surface area (Å²) in [4.78, 5) is 14.8. The monoisotopic (exact) mass is 344 g/mol. The molecule has 0 unspecified atom stereocenters. The van der Waals surface area contributed by atoms with Crippen LogP contribution >= 0.6 is 0 Å². The minimum atomic E-state index is -0.144. The van der Waals surface area contributed by atoms with Gasteiger partial charge < -0.3 is 14.5 Å². The fraction of sp³-hybridized carbons (Fsp3) is 0.556. The molecule has 7 heteroatoms. The summed E-state index contributed by atoms with van der Waals surface area (Å²) < 4.78 is 13.0. The van der Waals surface area contributed by atoms with Crippen LogP contribution in [0.1, 0.15) is 35.2 Å². The molecule has 2 atom stereocenters. The second-order valence-corrected chi connectivity index (χ2v) is 7.19. The maximum atomic E-state index is 12.4. The van der Waals surface area contributed by atoms with Crippen molar-refractivity contribution in [3.05, 3.63) is 42.1 Å². The average Bonchev–Trinajstić information content (AvgIpc) is 3.31. The van der Waals surface area contributed by atoms with Crippen LogP contribution in [0.25, 0.3) is 0 Å². The number of furan rings is 1. The van der Waals surface area contributed by atoms with Crippen molar-refractivity contribution in [3.8, 4) is 0 Å². The van der Waals surface area contributed by atoms with Crippen LogP contribution in [0.5, 0.6) is 0 Å². The van der Waals surface area contributed by atoms with Crippen molar-refractivity contribution in [1.29, 1.82) is 0 Å². The number of amides is 1. The number of ether oxygens (including phenoxy) is 1. The van der Waals surface area contributed by atoms with E-state index in [-0.39, 0.29) is 17.6 Å². The van der Waals surface area contributed by atoms with Crippen LogP contribution in [0.15, 0.2) is 35.4 Å². The number of hydrogen-bond acceptors (Lipinski definition) is 5. The zero-order chi connectivity index (χ0) is 17.3. The first-order valence-electron chi connectivity index (χ1n) is 8.79. The highest BCUT2D eigenvalue weighted by Crippen LogP contribution is 2.35. The van der Waals surface area contributed by atoms with Gasteiger partial charge in [-0.15, -0.1) is 0 Å². The predicted molar refractivity (Wildman–Crippen MR) is 91.0 cm³/mol. The molecule has 0 bridgehead atoms. The number of carbonyl (C=O) groups excluding carboxylic acids is 1. The summed E-state index contributed by atoms with van der Waals surface area (Å²) >= 11 is 0. The van der Waals surface area contributed by atoms with Gasteiger partial charge in [0.15, 0.2) is 0 Å². The first-order valence-corrected chi connectivity index (χ1v) is 8.79. The zero-order valence-electron chi connectivity index (χ0n) is 14.5. The Kier molecular flexibility index (Phi) is 4.35. The largest absolute Gasteiger partial charge is 0.472 e. The van der Waals surface area contributed by atoms with Gasteiger partial charge in [0.1, 0.15) is 0 Å². The van der Waals surface area contributed by atoms with Crippen molar-refractivity contribution in [1.82, 2.24) is 20.0 Å². The molecule has 1 amide bonds. The summed E-state index contributed by atoms with van der Waals surface area (Å²) in [6, 6.07) is 2.15. The number of aryl methyl sites for hydroxylation is 1. The van der Waals surface area contributed by atoms with Gasteiger partial charge in [-0.2, -0.15) is 5.10 Å². The third kappa shape index (κ3) is 3.62. The Balaban J connectivity index is 1.35. The molecule has 4 rings (SSSR count). The maximum Gasteiger partial charge on any atom is 0.254 e. The quantitative estimate of drug-likeness (QED) is 0.911. The van der Waals surface area contributed by atoms with Crippen molar-refractivity contribution < 1.29 is 13.9 Å². The Labute approximate surface area is 146 Å². The van der Waals surface area contributed by atoms with Crippen molar-refractivity contribution in [2.24, 2.45) is 7.05 Å². The second-order valence-electron chi connectivity index (χ2n) is 7.19. The van der Waals surface area contributed by atoms with Gasteiger partial charge in [0, 0.05) is 51.1 Å². The summed E-state index contributed by atoms with van der Waals surface area (Å²) in [7, 11) is 1.81. The number of nitrogens with one attached hydrogen (secondary N) is 1. The Morgan fingerprint density at radius 3 is 3.20 bits per heavy atom. The number of aromatic nitrogens is 2. The lowest BCUT2D eigenvalue weighted by atomic mass is 9.89. The Bertz CT molecular complexity index is 727. The van der Waals surface area contributed by atoms with Crippen LogP contribution in [-0.2, 0) is 18.3 Å². The zero-order valence-corrected chi connectivity index (χ0v) is 14.5. The summed E-state index contributed by atoms with van der Waals surface area (Å²) in [5.74, 6) is -0.0524. The molecule has 0 radical (unpaired) electrons. The molecular weight excluding hydrogens is 320 g/mol. The summed E-state index contributed by atoms with van der Waals surface area (Å²) in [5.41, 5.74) is 1.65. The molecule has 2 saturated heterocycles. The normalized spacial score (nSPS) is 27.0. The smallest absolute Gasteiger partial charge is 0.254 e. The molecule has 1 spiro atoms. The Morgan fingerprint density at radius 2 is 2.44 bits per heavy atom. The van der Waals surface area contributed by atoms with Crippen LogP contribution in [0, 0.1) is 0 Å². The molecule has 7 nitrogen and oxygen atoms in total. The molecule has 2 aliphatic rings. The lowest BCUT2D eigenvalue weighted by molar-refractivity contribution is -0.0793. The molecule has 25 heavy (non-hydrogen) atoms. The van der Waals surface area contributed by atoms with E-state index in [0.29, 0.717) is 12.2 Å². The maximum absolute atomic E-state index is 12.4. The van der Waals surface area contributed by atoms with Crippen LogP contribution < -0.4 is 5.32 Å². The average molecular weight is 344 g/mol. The van der Waals surface area contributed by atoms with Crippen molar-refractivity contribution in [3.63, 3.8) is 0 Å². The predicted octanol–water partition coefficient (Wildman–Crippen LogP) is 1.57. The van der Waals surface area contributed by atoms with Crippen LogP contribution in [-0.4, -0.2) is 51.9 Å². The minimum absolute atomic E-state index is 0.0524. The van der Waals surface area contributed by atoms with Gasteiger partial charge in [-0.1, -0.05) is 0 Å². The lowest BCUT2D eigenvalue weighted by Gasteiger charge is -2.38. The van der Waals surface area contributed by atoms with Crippen molar-refractivity contribution >= 4 is 5.91 Å². The Morgan fingerprint density at radius 1 is 1.52 bits per heavy atom. The highest BCUT2D eigenvalue weighted by atomic mass is 16.5. The van der Waals surface area contributed by atoms with Crippen molar-refractivity contribution in [2.75, 3.05) is 19.7 Å². The number of hydrogen-bond donors (Lipinski definition) is 1. The number of carbonyl (C=O) groups is 1. The fourth-order valence-corrected chi connectivity index (χ4v) is 3.95. The highest BCUT2D eigenvalue weighted by molar-refractivity contribution is 5.93. The Hall–Kier alpha value is -2.12. The van der Waals surface area contributed by atoms with E-state index in [1.807, 2.05) is 13.1 Å². The SMILES string of the molecule is Cn1cc(C(=O)N[C@H]2CCO[C@@]3(CCN(Cc4ccoc4)C3)C2)cn1. The van der Waals surface area contributed by atoms with E-state index in [2.05, 4.69) is 15.3 Å². The van der Waals surface area contributed by atoms with Gasteiger partial charge in [0.05, 0.1) is 29.9 Å². The molecule has 2 aliphatic heterocycles. The van der Waals surface area contributed by atoms with Crippen LogP contribution in [0.2, 0.25) is 0 Å². The molecule has 0 aliphatic carbocycles. The molecule has 2 aromatic rings. The van der Waals surface area contributed by atoms with Crippen LogP contribution in [0.4, 0.5) is 0 Å². The van der Waals surface area contributed by atoms with E-state index < -0.39 is 0 Å². The van der Waals surface area contributed by atoms with E-state index in [9.17, 15) is 4.79 Å². The summed E-state index contributed by atoms with van der Waals surface area (Å²) in [5, 5.41) is 7.22. The van der Waals surface area contributed by atoms with E-state index in [1.54, 1.807) is 29.6 Å². The van der Waals surface area contributed by atoms with Gasteiger partial charge in [0.2, 0.25) is 0 Å². The fourth-order valence-electron chi connectivity index (χ4n) is 3.95. The molecule has 0 aromatic carbocycles. The standard InChI is InChI=1S/C18H24N4O3/c1-21-11-15(9-19-21)17(23)20-16-3-7-25-18(8-16)4-5-22(13-18)10-14-2-6-24-12-14/h2,6,9,11-12,16H,3-5,7-8,10,13H2,1H3,(H,20,23)/t16-,18-/m0/s1. The van der Waals surface area contributed by atoms with Crippen LogP contribution in [0.3, 0.4) is 0 Å². The van der Waals surface area contributed by atoms with Crippen molar-refractivity contribution in [2.45, 2.75) is 37.5 Å². The third-order valence-corrected chi connectivity index (χ3v) is 5.18. The summed E-state index contributed by atoms with van der Waals surface area (Å²) in [6.45, 7) is 3.48. The van der Waals surface area contributed by atoms with Gasteiger partial charge in [-0.3, -0.25) is 14.4 Å². The topological polar surface area (TPSA) is 72.5 Å². The van der Waals surface area contributed by atoms with Gasteiger partial charge in [-0.25, -0.2) is 0 Å². The molecule has 2 aromatic heterocycles. The van der Waals surface area contributed by atoms with E-state index >= 15 is 0 Å². The van der Waals surface area contributed by atoms with Gasteiger partial charge in [0.25, 0.3) is 5.91 Å². The summed E-state index contributed by atoms with van der Waals surface area (Å²) in [6.07, 6.45) is 9.58. The molecule has 2 fully saturated rings. The molecule has 0 saturated carbocycles. The lowest BCUT2D eigenvalue weighted by Crippen LogP contribution is -2.49. The third-order valence-electron chi connectivity index (χ3n) is 5.18. The number of nitrogens with zero attached hydrogens (tertiary/aromatic N) is 3. The molecule has 134 valence electrons. The second kappa shape index (κ2) is 6.65. The number of rotatable bonds is 4. The first-order chi connectivity index (χ1) is 12.1.